The smallest absolute Gasteiger partial charge is 0.254 e. The Hall–Kier alpha value is -2.16. The summed E-state index contributed by atoms with van der Waals surface area (Å²) in [6.07, 6.45) is 2.02. The zero-order valence-corrected chi connectivity index (χ0v) is 16.1. The number of aromatic nitrogens is 1. The summed E-state index contributed by atoms with van der Waals surface area (Å²) in [6.45, 7) is 4.79. The van der Waals surface area contributed by atoms with Gasteiger partial charge in [-0.25, -0.2) is 8.42 Å². The molecule has 0 radical (unpaired) electrons. The van der Waals surface area contributed by atoms with Gasteiger partial charge in [-0.05, 0) is 37.3 Å². The molecule has 144 valence electrons. The van der Waals surface area contributed by atoms with Crippen molar-refractivity contribution in [3.05, 3.63) is 53.9 Å². The van der Waals surface area contributed by atoms with E-state index >= 15 is 0 Å². The van der Waals surface area contributed by atoms with E-state index in [0.29, 0.717) is 38.4 Å². The molecule has 1 aromatic carbocycles. The number of carbonyl (C=O) groups excluding carboxylic acids is 1. The summed E-state index contributed by atoms with van der Waals surface area (Å²) >= 11 is 0. The largest absolute Gasteiger partial charge is 0.379 e. The van der Waals surface area contributed by atoms with Crippen molar-refractivity contribution in [2.75, 3.05) is 32.8 Å². The van der Waals surface area contributed by atoms with Crippen molar-refractivity contribution < 1.29 is 17.9 Å². The highest BCUT2D eigenvalue weighted by molar-refractivity contribution is 7.89. The fourth-order valence-electron chi connectivity index (χ4n) is 3.75. The average molecular weight is 389 g/mol. The molecule has 0 spiro atoms. The molecule has 0 N–H and O–H groups in total. The fraction of sp³-hybridized carbons (Fsp3) is 0.421. The molecule has 1 atom stereocenters. The number of rotatable bonds is 3. The Morgan fingerprint density at radius 2 is 1.85 bits per heavy atom. The van der Waals surface area contributed by atoms with Gasteiger partial charge in [0.25, 0.3) is 5.91 Å². The second kappa shape index (κ2) is 7.10. The molecule has 0 bridgehead atoms. The van der Waals surface area contributed by atoms with Crippen LogP contribution in [0.25, 0.3) is 0 Å². The third-order valence-corrected chi connectivity index (χ3v) is 7.19. The first-order valence-electron chi connectivity index (χ1n) is 9.12. The van der Waals surface area contributed by atoms with Crippen LogP contribution in [0.5, 0.6) is 0 Å². The lowest BCUT2D eigenvalue weighted by Crippen LogP contribution is -2.41. The van der Waals surface area contributed by atoms with E-state index in [1.165, 1.54) is 10.4 Å². The second-order valence-electron chi connectivity index (χ2n) is 6.85. The Morgan fingerprint density at radius 3 is 2.63 bits per heavy atom. The van der Waals surface area contributed by atoms with Gasteiger partial charge >= 0.3 is 0 Å². The molecule has 0 saturated carbocycles. The van der Waals surface area contributed by atoms with Crippen LogP contribution in [-0.2, 0) is 21.3 Å². The Labute approximate surface area is 159 Å². The van der Waals surface area contributed by atoms with E-state index in [0.717, 1.165) is 12.2 Å². The minimum absolute atomic E-state index is 0.0549. The van der Waals surface area contributed by atoms with Gasteiger partial charge in [-0.15, -0.1) is 0 Å². The highest BCUT2D eigenvalue weighted by Gasteiger charge is 2.30. The molecule has 3 heterocycles. The third-order valence-electron chi connectivity index (χ3n) is 5.29. The molecule has 4 rings (SSSR count). The van der Waals surface area contributed by atoms with Crippen LogP contribution in [0.2, 0.25) is 0 Å². The van der Waals surface area contributed by atoms with Gasteiger partial charge in [-0.3, -0.25) is 4.79 Å². The van der Waals surface area contributed by atoms with Gasteiger partial charge in [0.05, 0.1) is 24.2 Å². The number of benzene rings is 1. The summed E-state index contributed by atoms with van der Waals surface area (Å²) in [5.74, 6) is -0.144. The predicted molar refractivity (Wildman–Crippen MR) is 99.9 cm³/mol. The van der Waals surface area contributed by atoms with Crippen molar-refractivity contribution in [1.82, 2.24) is 13.8 Å². The molecule has 8 heteroatoms. The summed E-state index contributed by atoms with van der Waals surface area (Å²) in [5.41, 5.74) is 1.49. The Balaban J connectivity index is 1.60. The minimum atomic E-state index is -3.62. The van der Waals surface area contributed by atoms with E-state index < -0.39 is 10.0 Å². The number of ether oxygens (including phenoxy) is 1. The highest BCUT2D eigenvalue weighted by atomic mass is 32.2. The molecule has 7 nitrogen and oxygen atoms in total. The van der Waals surface area contributed by atoms with Crippen LogP contribution < -0.4 is 0 Å². The van der Waals surface area contributed by atoms with Crippen LogP contribution >= 0.6 is 0 Å². The van der Waals surface area contributed by atoms with Crippen molar-refractivity contribution in [3.63, 3.8) is 0 Å². The summed E-state index contributed by atoms with van der Waals surface area (Å²) < 4.78 is 34.5. The first-order chi connectivity index (χ1) is 13.0. The molecular formula is C19H23N3O4S. The van der Waals surface area contributed by atoms with E-state index in [1.54, 1.807) is 23.1 Å². The zero-order valence-electron chi connectivity index (χ0n) is 15.2. The molecule has 2 aliphatic rings. The van der Waals surface area contributed by atoms with Crippen molar-refractivity contribution >= 4 is 15.9 Å². The normalized spacial score (nSPS) is 21.1. The molecule has 1 aromatic heterocycles. The zero-order chi connectivity index (χ0) is 19.0. The van der Waals surface area contributed by atoms with E-state index in [-0.39, 0.29) is 16.8 Å². The monoisotopic (exact) mass is 389 g/mol. The third kappa shape index (κ3) is 3.28. The average Bonchev–Trinajstić information content (AvgIpc) is 3.18. The lowest BCUT2D eigenvalue weighted by molar-refractivity contribution is 0.0643. The molecule has 27 heavy (non-hydrogen) atoms. The molecule has 1 amide bonds. The Bertz CT molecular complexity index is 947. The van der Waals surface area contributed by atoms with Crippen LogP contribution in [0.15, 0.2) is 47.5 Å². The number of amides is 1. The summed E-state index contributed by atoms with van der Waals surface area (Å²) in [6, 6.07) is 10.3. The summed E-state index contributed by atoms with van der Waals surface area (Å²) in [4.78, 5) is 15.0. The first kappa shape index (κ1) is 18.2. The second-order valence-corrected chi connectivity index (χ2v) is 8.78. The standard InChI is InChI=1S/C19H23N3O4S/c1-15-18-6-3-7-20(18)8-9-22(15)19(23)16-4-2-5-17(14-16)27(24,25)21-10-12-26-13-11-21/h2-7,14-15H,8-13H2,1H3/t15-/m1/s1. The van der Waals surface area contributed by atoms with Crippen LogP contribution in [0, 0.1) is 0 Å². The number of morpholine rings is 1. The van der Waals surface area contributed by atoms with E-state index in [1.807, 2.05) is 25.3 Å². The Morgan fingerprint density at radius 1 is 1.07 bits per heavy atom. The lowest BCUT2D eigenvalue weighted by Gasteiger charge is -2.35. The van der Waals surface area contributed by atoms with Crippen molar-refractivity contribution in [2.24, 2.45) is 0 Å². The van der Waals surface area contributed by atoms with Gasteiger partial charge in [0.1, 0.15) is 0 Å². The maximum Gasteiger partial charge on any atom is 0.254 e. The molecular weight excluding hydrogens is 366 g/mol. The Kier molecular flexibility index (Phi) is 4.79. The summed E-state index contributed by atoms with van der Waals surface area (Å²) in [7, 11) is -3.62. The SMILES string of the molecule is C[C@@H]1c2cccn2CCN1C(=O)c1cccc(S(=O)(=O)N2CCOCC2)c1. The number of nitrogens with zero attached hydrogens (tertiary/aromatic N) is 3. The van der Waals surface area contributed by atoms with Crippen LogP contribution in [0.4, 0.5) is 0 Å². The maximum absolute atomic E-state index is 13.1. The van der Waals surface area contributed by atoms with Gasteiger partial charge in [-0.2, -0.15) is 4.31 Å². The van der Waals surface area contributed by atoms with Gasteiger partial charge in [0.15, 0.2) is 0 Å². The summed E-state index contributed by atoms with van der Waals surface area (Å²) in [5, 5.41) is 0. The molecule has 0 aliphatic carbocycles. The number of carbonyl (C=O) groups is 1. The number of sulfonamides is 1. The molecule has 0 unspecified atom stereocenters. The number of hydrogen-bond donors (Lipinski definition) is 0. The molecule has 1 saturated heterocycles. The van der Waals surface area contributed by atoms with E-state index in [9.17, 15) is 13.2 Å². The molecule has 2 aliphatic heterocycles. The molecule has 1 fully saturated rings. The van der Waals surface area contributed by atoms with Gasteiger partial charge in [-0.1, -0.05) is 6.07 Å². The van der Waals surface area contributed by atoms with Gasteiger partial charge in [0.2, 0.25) is 10.0 Å². The van der Waals surface area contributed by atoms with E-state index in [4.69, 9.17) is 4.74 Å². The van der Waals surface area contributed by atoms with Crippen LogP contribution in [0.3, 0.4) is 0 Å². The maximum atomic E-state index is 13.1. The first-order valence-corrected chi connectivity index (χ1v) is 10.6. The van der Waals surface area contributed by atoms with Gasteiger partial charge < -0.3 is 14.2 Å². The van der Waals surface area contributed by atoms with Crippen molar-refractivity contribution in [3.8, 4) is 0 Å². The van der Waals surface area contributed by atoms with E-state index in [2.05, 4.69) is 4.57 Å². The van der Waals surface area contributed by atoms with Crippen molar-refractivity contribution in [1.29, 1.82) is 0 Å². The fourth-order valence-corrected chi connectivity index (χ4v) is 5.20. The van der Waals surface area contributed by atoms with Crippen LogP contribution in [-0.4, -0.2) is 60.9 Å². The van der Waals surface area contributed by atoms with Crippen molar-refractivity contribution in [2.45, 2.75) is 24.4 Å². The molecule has 2 aromatic rings. The lowest BCUT2D eigenvalue weighted by atomic mass is 10.1. The highest BCUT2D eigenvalue weighted by Crippen LogP contribution is 2.27. The number of hydrogen-bond acceptors (Lipinski definition) is 4. The minimum Gasteiger partial charge on any atom is -0.379 e. The topological polar surface area (TPSA) is 71.9 Å². The van der Waals surface area contributed by atoms with Gasteiger partial charge in [0, 0.05) is 43.6 Å². The number of fused-ring (bicyclic) bond motifs is 1. The quantitative estimate of drug-likeness (QED) is 0.802. The van der Waals surface area contributed by atoms with Crippen LogP contribution in [0.1, 0.15) is 29.0 Å². The predicted octanol–water partition coefficient (Wildman–Crippen LogP) is 1.73.